The number of aromatic nitrogens is 1. The Morgan fingerprint density at radius 3 is 2.91 bits per heavy atom. The minimum Gasteiger partial charge on any atom is -0.481 e. The molecule has 0 radical (unpaired) electrons. The molecule has 2 N–H and O–H groups in total. The molecule has 1 heterocycles. The topological polar surface area (TPSA) is 58.5 Å². The van der Waals surface area contributed by atoms with Gasteiger partial charge in [0.05, 0.1) is 13.7 Å². The second-order valence-corrected chi connectivity index (χ2v) is 6.09. The Labute approximate surface area is 139 Å². The number of nitrogens with zero attached hydrogens (tertiary/aromatic N) is 2. The van der Waals surface area contributed by atoms with Crippen molar-refractivity contribution < 1.29 is 4.74 Å². The molecule has 1 aromatic rings. The van der Waals surface area contributed by atoms with Gasteiger partial charge in [-0.3, -0.25) is 0 Å². The van der Waals surface area contributed by atoms with Gasteiger partial charge in [0.25, 0.3) is 0 Å². The number of pyridine rings is 1. The third-order valence-electron chi connectivity index (χ3n) is 4.35. The van der Waals surface area contributed by atoms with E-state index in [0.29, 0.717) is 12.4 Å². The second-order valence-electron chi connectivity index (χ2n) is 6.09. The highest BCUT2D eigenvalue weighted by Crippen LogP contribution is 2.28. The van der Waals surface area contributed by atoms with Gasteiger partial charge >= 0.3 is 0 Å². The fourth-order valence-electron chi connectivity index (χ4n) is 3.13. The van der Waals surface area contributed by atoms with Gasteiger partial charge in [-0.15, -0.1) is 0 Å². The predicted molar refractivity (Wildman–Crippen MR) is 94.8 cm³/mol. The highest BCUT2D eigenvalue weighted by atomic mass is 16.5. The van der Waals surface area contributed by atoms with Crippen LogP contribution in [0.25, 0.3) is 0 Å². The molecular formula is C18H30N4O. The van der Waals surface area contributed by atoms with Crippen LogP contribution in [0.4, 0.5) is 0 Å². The molecule has 5 heteroatoms. The van der Waals surface area contributed by atoms with Gasteiger partial charge in [0.1, 0.15) is 0 Å². The molecule has 0 aliphatic heterocycles. The molecule has 2 rings (SSSR count). The number of methoxy groups -OCH3 is 1. The van der Waals surface area contributed by atoms with E-state index in [1.165, 1.54) is 38.5 Å². The van der Waals surface area contributed by atoms with Crippen LogP contribution in [0.3, 0.4) is 0 Å². The number of nitrogens with one attached hydrogen (secondary N) is 2. The van der Waals surface area contributed by atoms with Crippen molar-refractivity contribution in [3.05, 3.63) is 23.9 Å². The molecule has 23 heavy (non-hydrogen) atoms. The van der Waals surface area contributed by atoms with Crippen LogP contribution in [0.5, 0.6) is 5.88 Å². The van der Waals surface area contributed by atoms with Crippen LogP contribution < -0.4 is 15.4 Å². The summed E-state index contributed by atoms with van der Waals surface area (Å²) in [4.78, 5) is 8.84. The summed E-state index contributed by atoms with van der Waals surface area (Å²) in [6, 6.07) is 3.91. The predicted octanol–water partition coefficient (Wildman–Crippen LogP) is 3.12. The van der Waals surface area contributed by atoms with Gasteiger partial charge in [0.2, 0.25) is 5.88 Å². The minimum absolute atomic E-state index is 0.564. The molecular weight excluding hydrogens is 288 g/mol. The quantitative estimate of drug-likeness (QED) is 0.439. The third kappa shape index (κ3) is 6.08. The smallest absolute Gasteiger partial charge is 0.218 e. The van der Waals surface area contributed by atoms with Crippen LogP contribution >= 0.6 is 0 Å². The van der Waals surface area contributed by atoms with E-state index in [1.807, 2.05) is 12.1 Å². The van der Waals surface area contributed by atoms with Crippen molar-refractivity contribution in [3.8, 4) is 5.88 Å². The number of guanidine groups is 1. The van der Waals surface area contributed by atoms with Gasteiger partial charge in [0.15, 0.2) is 5.96 Å². The van der Waals surface area contributed by atoms with E-state index in [9.17, 15) is 0 Å². The first kappa shape index (κ1) is 17.6. The number of aliphatic imine (C=N–C) groups is 1. The van der Waals surface area contributed by atoms with E-state index in [4.69, 9.17) is 4.74 Å². The number of hydrogen-bond donors (Lipinski definition) is 2. The summed E-state index contributed by atoms with van der Waals surface area (Å²) in [5.74, 6) is 2.47. The van der Waals surface area contributed by atoms with Gasteiger partial charge in [0, 0.05) is 24.8 Å². The molecule has 1 aliphatic carbocycles. The lowest BCUT2D eigenvalue weighted by molar-refractivity contribution is 0.392. The fraction of sp³-hybridized carbons (Fsp3) is 0.667. The minimum atomic E-state index is 0.564. The lowest BCUT2D eigenvalue weighted by Crippen LogP contribution is -2.37. The van der Waals surface area contributed by atoms with Crippen molar-refractivity contribution in [1.82, 2.24) is 15.6 Å². The summed E-state index contributed by atoms with van der Waals surface area (Å²) in [7, 11) is 1.64. The molecule has 1 aliphatic rings. The number of hydrogen-bond acceptors (Lipinski definition) is 3. The van der Waals surface area contributed by atoms with E-state index < -0.39 is 0 Å². The molecule has 0 aromatic carbocycles. The second kappa shape index (κ2) is 10.1. The summed E-state index contributed by atoms with van der Waals surface area (Å²) < 4.78 is 5.27. The van der Waals surface area contributed by atoms with Crippen LogP contribution in [0.1, 0.15) is 51.0 Å². The zero-order valence-corrected chi connectivity index (χ0v) is 14.5. The summed E-state index contributed by atoms with van der Waals surface area (Å²) in [5.41, 5.74) is 0.998. The van der Waals surface area contributed by atoms with E-state index in [0.717, 1.165) is 30.5 Å². The van der Waals surface area contributed by atoms with Gasteiger partial charge in [-0.05, 0) is 31.7 Å². The molecule has 0 amide bonds. The molecule has 0 bridgehead atoms. The van der Waals surface area contributed by atoms with Gasteiger partial charge in [-0.25, -0.2) is 9.98 Å². The van der Waals surface area contributed by atoms with E-state index >= 15 is 0 Å². The van der Waals surface area contributed by atoms with Crippen molar-refractivity contribution in [2.45, 2.75) is 52.0 Å². The van der Waals surface area contributed by atoms with Gasteiger partial charge < -0.3 is 15.4 Å². The third-order valence-corrected chi connectivity index (χ3v) is 4.35. The normalized spacial score (nSPS) is 15.7. The Bertz CT molecular complexity index is 484. The summed E-state index contributed by atoms with van der Waals surface area (Å²) in [5, 5.41) is 6.73. The highest BCUT2D eigenvalue weighted by Gasteiger charge is 2.14. The first-order valence-electron chi connectivity index (χ1n) is 8.83. The Kier molecular flexibility index (Phi) is 7.70. The highest BCUT2D eigenvalue weighted by molar-refractivity contribution is 5.79. The number of ether oxygens (including phenoxy) is 1. The standard InChI is InChI=1S/C18H30N4O/c1-3-19-18(21-13-6-10-15-8-4-5-9-15)22-14-16-11-7-12-20-17(16)23-2/h7,11-12,15H,3-6,8-10,13-14H2,1-2H3,(H2,19,21,22). The van der Waals surface area contributed by atoms with Gasteiger partial charge in [-0.1, -0.05) is 31.7 Å². The Morgan fingerprint density at radius 1 is 1.35 bits per heavy atom. The largest absolute Gasteiger partial charge is 0.481 e. The average Bonchev–Trinajstić information content (AvgIpc) is 3.10. The maximum absolute atomic E-state index is 5.27. The maximum atomic E-state index is 5.27. The van der Waals surface area contributed by atoms with Crippen LogP contribution in [-0.4, -0.2) is 31.1 Å². The zero-order chi connectivity index (χ0) is 16.3. The van der Waals surface area contributed by atoms with Gasteiger partial charge in [-0.2, -0.15) is 0 Å². The zero-order valence-electron chi connectivity index (χ0n) is 14.5. The van der Waals surface area contributed by atoms with Crippen molar-refractivity contribution in [1.29, 1.82) is 0 Å². The molecule has 0 atom stereocenters. The fourth-order valence-corrected chi connectivity index (χ4v) is 3.13. The van der Waals surface area contributed by atoms with E-state index in [2.05, 4.69) is 27.5 Å². The van der Waals surface area contributed by atoms with Crippen molar-refractivity contribution in [2.24, 2.45) is 10.9 Å². The molecule has 0 spiro atoms. The van der Waals surface area contributed by atoms with Crippen LogP contribution in [0.15, 0.2) is 23.3 Å². The molecule has 0 unspecified atom stereocenters. The summed E-state index contributed by atoms with van der Waals surface area (Å²) >= 11 is 0. The van der Waals surface area contributed by atoms with Crippen LogP contribution in [0, 0.1) is 5.92 Å². The Balaban J connectivity index is 1.79. The summed E-state index contributed by atoms with van der Waals surface area (Å²) in [6.45, 7) is 4.49. The maximum Gasteiger partial charge on any atom is 0.218 e. The molecule has 128 valence electrons. The molecule has 1 saturated carbocycles. The molecule has 0 saturated heterocycles. The van der Waals surface area contributed by atoms with Crippen LogP contribution in [0.2, 0.25) is 0 Å². The molecule has 5 nitrogen and oxygen atoms in total. The SMILES string of the molecule is CCNC(=NCc1cccnc1OC)NCCCC1CCCC1. The van der Waals surface area contributed by atoms with Crippen molar-refractivity contribution in [2.75, 3.05) is 20.2 Å². The lowest BCUT2D eigenvalue weighted by Gasteiger charge is -2.13. The monoisotopic (exact) mass is 318 g/mol. The Morgan fingerprint density at radius 2 is 2.17 bits per heavy atom. The Hall–Kier alpha value is -1.78. The first-order valence-corrected chi connectivity index (χ1v) is 8.83. The summed E-state index contributed by atoms with van der Waals surface area (Å²) in [6.07, 6.45) is 9.99. The average molecular weight is 318 g/mol. The van der Waals surface area contributed by atoms with Crippen molar-refractivity contribution >= 4 is 5.96 Å². The number of rotatable bonds is 8. The van der Waals surface area contributed by atoms with E-state index in [1.54, 1.807) is 13.3 Å². The first-order chi connectivity index (χ1) is 11.3. The molecule has 1 fully saturated rings. The van der Waals surface area contributed by atoms with Crippen LogP contribution in [-0.2, 0) is 6.54 Å². The van der Waals surface area contributed by atoms with E-state index in [-0.39, 0.29) is 0 Å². The molecule has 1 aromatic heterocycles. The van der Waals surface area contributed by atoms with Crippen molar-refractivity contribution in [3.63, 3.8) is 0 Å². The lowest BCUT2D eigenvalue weighted by atomic mass is 10.0.